The van der Waals surface area contributed by atoms with Gasteiger partial charge in [-0.2, -0.15) is 0 Å². The largest absolute Gasteiger partial charge is 0.379 e. The number of azide groups is 1. The molecule has 0 rings (SSSR count). The highest BCUT2D eigenvalue weighted by molar-refractivity contribution is 5.76. The first-order chi connectivity index (χ1) is 14.0. The standard InChI is InChI=1S/C21H38N4O4/c1-18(2)8-5-6-10-21(24-25-22)29-17-16-28-15-14-27-13-11-20(26)23-12-7-9-19(3)4/h18-19,21H,5-6,8,10-17H2,1-4H3,(H,23,26)/t21-/m1/s1. The number of nitrogens with one attached hydrogen (secondary N) is 1. The van der Waals surface area contributed by atoms with Crippen LogP contribution in [0.5, 0.6) is 0 Å². The maximum Gasteiger partial charge on any atom is 0.223 e. The van der Waals surface area contributed by atoms with Gasteiger partial charge in [0.15, 0.2) is 0 Å². The van der Waals surface area contributed by atoms with Gasteiger partial charge in [0.2, 0.25) is 5.91 Å². The minimum Gasteiger partial charge on any atom is -0.379 e. The first-order valence-electron chi connectivity index (χ1n) is 10.5. The molecule has 0 aliphatic carbocycles. The van der Waals surface area contributed by atoms with Crippen LogP contribution in [0.2, 0.25) is 0 Å². The minimum atomic E-state index is -0.434. The Morgan fingerprint density at radius 2 is 1.69 bits per heavy atom. The Balaban J connectivity index is 3.57. The van der Waals surface area contributed by atoms with E-state index in [0.717, 1.165) is 19.3 Å². The molecule has 0 radical (unpaired) electrons. The van der Waals surface area contributed by atoms with Crippen LogP contribution < -0.4 is 5.32 Å². The van der Waals surface area contributed by atoms with Crippen molar-refractivity contribution in [1.82, 2.24) is 5.32 Å². The second-order valence-electron chi connectivity index (χ2n) is 7.44. The van der Waals surface area contributed by atoms with Gasteiger partial charge >= 0.3 is 0 Å². The highest BCUT2D eigenvalue weighted by Crippen LogP contribution is 2.12. The van der Waals surface area contributed by atoms with Crippen LogP contribution >= 0.6 is 0 Å². The number of amides is 1. The normalized spacial score (nSPS) is 11.7. The summed E-state index contributed by atoms with van der Waals surface area (Å²) in [5.41, 5.74) is 8.62. The van der Waals surface area contributed by atoms with Gasteiger partial charge in [-0.05, 0) is 17.9 Å². The monoisotopic (exact) mass is 410 g/mol. The van der Waals surface area contributed by atoms with Gasteiger partial charge in [-0.25, -0.2) is 0 Å². The van der Waals surface area contributed by atoms with Gasteiger partial charge in [-0.3, -0.25) is 4.79 Å². The van der Waals surface area contributed by atoms with Crippen LogP contribution in [0.15, 0.2) is 5.11 Å². The van der Waals surface area contributed by atoms with Crippen LogP contribution in [0.1, 0.15) is 59.8 Å². The number of hydrogen-bond donors (Lipinski definition) is 1. The summed E-state index contributed by atoms with van der Waals surface area (Å²) in [5, 5.41) is 6.41. The average molecular weight is 411 g/mol. The van der Waals surface area contributed by atoms with Crippen molar-refractivity contribution in [2.75, 3.05) is 39.6 Å². The molecule has 0 aliphatic rings. The summed E-state index contributed by atoms with van der Waals surface area (Å²) in [6.07, 6.45) is 3.85. The van der Waals surface area contributed by atoms with Crippen molar-refractivity contribution in [3.8, 4) is 11.8 Å². The molecular weight excluding hydrogens is 372 g/mol. The zero-order valence-corrected chi connectivity index (χ0v) is 18.5. The van der Waals surface area contributed by atoms with Crippen molar-refractivity contribution in [3.05, 3.63) is 10.4 Å². The maximum atomic E-state index is 11.6. The van der Waals surface area contributed by atoms with E-state index in [9.17, 15) is 4.79 Å². The number of rotatable bonds is 17. The first kappa shape index (κ1) is 27.2. The van der Waals surface area contributed by atoms with Crippen molar-refractivity contribution >= 4 is 5.91 Å². The molecule has 0 aromatic carbocycles. The minimum absolute atomic E-state index is 0.0742. The van der Waals surface area contributed by atoms with Crippen molar-refractivity contribution in [2.45, 2.75) is 66.0 Å². The van der Waals surface area contributed by atoms with Gasteiger partial charge in [0.05, 0.1) is 39.6 Å². The third-order valence-corrected chi connectivity index (χ3v) is 3.81. The van der Waals surface area contributed by atoms with Gasteiger partial charge in [-0.15, -0.1) is 0 Å². The Bertz CT molecular complexity index is 523. The van der Waals surface area contributed by atoms with E-state index < -0.39 is 6.23 Å². The van der Waals surface area contributed by atoms with E-state index in [1.54, 1.807) is 0 Å². The fourth-order valence-electron chi connectivity index (χ4n) is 2.32. The van der Waals surface area contributed by atoms with Gasteiger partial charge in [0.1, 0.15) is 6.23 Å². The van der Waals surface area contributed by atoms with E-state index in [1.807, 2.05) is 13.8 Å². The van der Waals surface area contributed by atoms with Crippen LogP contribution in [0.25, 0.3) is 10.4 Å². The summed E-state index contributed by atoms with van der Waals surface area (Å²) in [6, 6.07) is 0. The molecule has 0 saturated carbocycles. The van der Waals surface area contributed by atoms with Crippen molar-refractivity contribution in [2.24, 2.45) is 17.0 Å². The Hall–Kier alpha value is -1.78. The lowest BCUT2D eigenvalue weighted by Gasteiger charge is -2.13. The van der Waals surface area contributed by atoms with Crippen LogP contribution in [0, 0.1) is 23.7 Å². The predicted octanol–water partition coefficient (Wildman–Crippen LogP) is 4.05. The molecule has 0 aromatic heterocycles. The Labute approximate surface area is 175 Å². The summed E-state index contributed by atoms with van der Waals surface area (Å²) in [6.45, 7) is 10.7. The molecule has 8 nitrogen and oxygen atoms in total. The van der Waals surface area contributed by atoms with Crippen LogP contribution in [-0.4, -0.2) is 51.7 Å². The molecule has 1 amide bonds. The van der Waals surface area contributed by atoms with E-state index in [0.29, 0.717) is 57.8 Å². The molecule has 0 bridgehead atoms. The van der Waals surface area contributed by atoms with Gasteiger partial charge in [-0.1, -0.05) is 63.9 Å². The number of unbranched alkanes of at least 4 members (excludes halogenated alkanes) is 1. The van der Waals surface area contributed by atoms with E-state index in [4.69, 9.17) is 19.7 Å². The average Bonchev–Trinajstić information content (AvgIpc) is 2.66. The zero-order valence-electron chi connectivity index (χ0n) is 18.5. The molecule has 0 saturated heterocycles. The summed E-state index contributed by atoms with van der Waals surface area (Å²) < 4.78 is 16.4. The molecule has 0 aliphatic heterocycles. The van der Waals surface area contributed by atoms with Gasteiger partial charge < -0.3 is 19.5 Å². The second-order valence-corrected chi connectivity index (χ2v) is 7.44. The molecule has 1 N–H and O–H groups in total. The number of hydrogen-bond acceptors (Lipinski definition) is 5. The van der Waals surface area contributed by atoms with Crippen LogP contribution in [0.3, 0.4) is 0 Å². The molecular formula is C21H38N4O4. The SMILES string of the molecule is CC(C)C#CCNC(=O)CCOCCOCCO[C@H](CCCCC(C)C)N=[N+]=[N-]. The van der Waals surface area contributed by atoms with Gasteiger partial charge in [0.25, 0.3) is 0 Å². The number of nitrogens with zero attached hydrogens (tertiary/aromatic N) is 3. The van der Waals surface area contributed by atoms with E-state index >= 15 is 0 Å². The molecule has 0 aromatic rings. The van der Waals surface area contributed by atoms with E-state index in [1.165, 1.54) is 6.42 Å². The second kappa shape index (κ2) is 19.5. The predicted molar refractivity (Wildman–Crippen MR) is 114 cm³/mol. The number of carbonyl (C=O) groups is 1. The Morgan fingerprint density at radius 3 is 2.34 bits per heavy atom. The summed E-state index contributed by atoms with van der Waals surface area (Å²) in [4.78, 5) is 14.4. The molecule has 0 heterocycles. The molecule has 29 heavy (non-hydrogen) atoms. The lowest BCUT2D eigenvalue weighted by atomic mass is 10.1. The molecule has 0 spiro atoms. The molecule has 166 valence electrons. The topological polar surface area (TPSA) is 106 Å². The van der Waals surface area contributed by atoms with Crippen molar-refractivity contribution < 1.29 is 19.0 Å². The van der Waals surface area contributed by atoms with E-state index in [-0.39, 0.29) is 5.91 Å². The molecule has 8 heteroatoms. The third-order valence-electron chi connectivity index (χ3n) is 3.81. The van der Waals surface area contributed by atoms with Crippen molar-refractivity contribution in [3.63, 3.8) is 0 Å². The summed E-state index contributed by atoms with van der Waals surface area (Å²) in [5.74, 6) is 6.80. The zero-order chi connectivity index (χ0) is 21.7. The number of carbonyl (C=O) groups excluding carboxylic acids is 1. The summed E-state index contributed by atoms with van der Waals surface area (Å²) in [7, 11) is 0. The molecule has 0 fully saturated rings. The number of ether oxygens (including phenoxy) is 3. The molecule has 0 unspecified atom stereocenters. The fourth-order valence-corrected chi connectivity index (χ4v) is 2.32. The summed E-state index contributed by atoms with van der Waals surface area (Å²) >= 11 is 0. The quantitative estimate of drug-likeness (QED) is 0.128. The maximum absolute atomic E-state index is 11.6. The first-order valence-corrected chi connectivity index (χ1v) is 10.5. The van der Waals surface area contributed by atoms with Crippen LogP contribution in [0.4, 0.5) is 0 Å². The van der Waals surface area contributed by atoms with Crippen LogP contribution in [-0.2, 0) is 19.0 Å². The van der Waals surface area contributed by atoms with Crippen molar-refractivity contribution in [1.29, 1.82) is 0 Å². The highest BCUT2D eigenvalue weighted by Gasteiger charge is 2.07. The smallest absolute Gasteiger partial charge is 0.223 e. The van der Waals surface area contributed by atoms with Gasteiger partial charge in [0, 0.05) is 17.3 Å². The Kier molecular flexibility index (Phi) is 18.3. The fraction of sp³-hybridized carbons (Fsp3) is 0.857. The lowest BCUT2D eigenvalue weighted by Crippen LogP contribution is -2.25. The Morgan fingerprint density at radius 1 is 1.03 bits per heavy atom. The highest BCUT2D eigenvalue weighted by atomic mass is 16.5. The molecule has 1 atom stereocenters. The van der Waals surface area contributed by atoms with E-state index in [2.05, 4.69) is 41.0 Å². The lowest BCUT2D eigenvalue weighted by molar-refractivity contribution is -0.122. The third kappa shape index (κ3) is 20.8.